The second-order valence-corrected chi connectivity index (χ2v) is 9.27. The van der Waals surface area contributed by atoms with Crippen LogP contribution in [0.4, 0.5) is 5.69 Å². The molecule has 1 fully saturated rings. The van der Waals surface area contributed by atoms with Crippen molar-refractivity contribution in [2.45, 2.75) is 31.7 Å². The zero-order chi connectivity index (χ0) is 20.6. The highest BCUT2D eigenvalue weighted by atomic mass is 16.2. The second kappa shape index (κ2) is 5.90. The predicted octanol–water partition coefficient (Wildman–Crippen LogP) is 3.91. The Balaban J connectivity index is 1.74. The van der Waals surface area contributed by atoms with Gasteiger partial charge in [-0.3, -0.25) is 9.59 Å². The van der Waals surface area contributed by atoms with E-state index in [-0.39, 0.29) is 11.7 Å². The van der Waals surface area contributed by atoms with Crippen LogP contribution in [0, 0.1) is 5.92 Å². The quantitative estimate of drug-likeness (QED) is 0.735. The summed E-state index contributed by atoms with van der Waals surface area (Å²) in [7, 11) is 2.01. The summed E-state index contributed by atoms with van der Waals surface area (Å²) in [6.07, 6.45) is 2.17. The molecule has 29 heavy (non-hydrogen) atoms. The van der Waals surface area contributed by atoms with Gasteiger partial charge in [-0.15, -0.1) is 0 Å². The molecule has 4 heteroatoms. The lowest BCUT2D eigenvalue weighted by atomic mass is 9.70. The van der Waals surface area contributed by atoms with Gasteiger partial charge in [0.25, 0.3) is 0 Å². The summed E-state index contributed by atoms with van der Waals surface area (Å²) < 4.78 is 0. The van der Waals surface area contributed by atoms with Crippen LogP contribution < -0.4 is 4.90 Å². The Morgan fingerprint density at radius 2 is 1.79 bits per heavy atom. The summed E-state index contributed by atoms with van der Waals surface area (Å²) in [6, 6.07) is 15.6. The summed E-state index contributed by atoms with van der Waals surface area (Å²) in [4.78, 5) is 31.8. The Morgan fingerprint density at radius 3 is 2.52 bits per heavy atom. The minimum atomic E-state index is -0.831. The van der Waals surface area contributed by atoms with Crippen LogP contribution in [0.25, 0.3) is 5.57 Å². The fourth-order valence-electron chi connectivity index (χ4n) is 5.77. The molecule has 2 aromatic carbocycles. The maximum atomic E-state index is 14.1. The van der Waals surface area contributed by atoms with E-state index in [4.69, 9.17) is 0 Å². The fraction of sp³-hybridized carbons (Fsp3) is 0.360. The first-order valence-corrected chi connectivity index (χ1v) is 10.2. The van der Waals surface area contributed by atoms with Gasteiger partial charge in [-0.25, -0.2) is 0 Å². The van der Waals surface area contributed by atoms with Gasteiger partial charge in [0.1, 0.15) is 5.41 Å². The van der Waals surface area contributed by atoms with Crippen molar-refractivity contribution in [3.63, 3.8) is 0 Å². The van der Waals surface area contributed by atoms with Crippen LogP contribution in [-0.2, 0) is 10.2 Å². The number of carbonyl (C=O) groups excluding carboxylic acids is 2. The molecule has 0 N–H and O–H groups in total. The van der Waals surface area contributed by atoms with Crippen LogP contribution in [0.2, 0.25) is 0 Å². The van der Waals surface area contributed by atoms with Gasteiger partial charge in [0.2, 0.25) is 5.91 Å². The predicted molar refractivity (Wildman–Crippen MR) is 115 cm³/mol. The summed E-state index contributed by atoms with van der Waals surface area (Å²) >= 11 is 0. The number of amides is 1. The molecule has 1 spiro atoms. The molecule has 0 aliphatic carbocycles. The second-order valence-electron chi connectivity index (χ2n) is 9.27. The van der Waals surface area contributed by atoms with E-state index in [1.807, 2.05) is 48.3 Å². The number of hydrogen-bond acceptors (Lipinski definition) is 3. The van der Waals surface area contributed by atoms with E-state index in [2.05, 4.69) is 43.9 Å². The van der Waals surface area contributed by atoms with Gasteiger partial charge in [0, 0.05) is 24.2 Å². The average Bonchev–Trinajstić information content (AvgIpc) is 3.17. The average molecular weight is 386 g/mol. The van der Waals surface area contributed by atoms with Crippen LogP contribution in [0.1, 0.15) is 42.3 Å². The van der Waals surface area contributed by atoms with Crippen LogP contribution in [0.3, 0.4) is 0 Å². The first-order chi connectivity index (χ1) is 13.8. The van der Waals surface area contributed by atoms with E-state index >= 15 is 0 Å². The molecule has 0 bridgehead atoms. The molecule has 2 aromatic rings. The van der Waals surface area contributed by atoms with E-state index in [0.717, 1.165) is 16.8 Å². The molecular formula is C25H26N2O2. The number of para-hydroxylation sites is 1. The summed E-state index contributed by atoms with van der Waals surface area (Å²) in [5, 5.41) is 0. The highest BCUT2D eigenvalue weighted by Crippen LogP contribution is 2.56. The topological polar surface area (TPSA) is 40.6 Å². The number of likely N-dealkylation sites (N-methyl/N-ethyl adjacent to an activating group) is 1. The van der Waals surface area contributed by atoms with E-state index in [0.29, 0.717) is 18.7 Å². The third-order valence-electron chi connectivity index (χ3n) is 6.88. The molecule has 0 saturated carbocycles. The number of likely N-dealkylation sites (tertiary alicyclic amines) is 1. The number of hydrogen-bond donors (Lipinski definition) is 0. The number of Topliss-reactive ketones (excluding diaryl/α,β-unsaturated/α-hetero) is 1. The first-order valence-electron chi connectivity index (χ1n) is 10.2. The minimum absolute atomic E-state index is 0.0586. The van der Waals surface area contributed by atoms with Crippen LogP contribution in [0.15, 0.2) is 54.6 Å². The molecule has 2 atom stereocenters. The summed E-state index contributed by atoms with van der Waals surface area (Å²) in [6.45, 7) is 7.43. The third kappa shape index (κ3) is 2.29. The number of rotatable bonds is 2. The Labute approximate surface area is 171 Å². The Morgan fingerprint density at radius 1 is 1.07 bits per heavy atom. The molecule has 0 aromatic heterocycles. The minimum Gasteiger partial charge on any atom is -0.304 e. The highest BCUT2D eigenvalue weighted by Gasteiger charge is 2.63. The van der Waals surface area contributed by atoms with Crippen molar-refractivity contribution in [2.75, 3.05) is 25.0 Å². The number of nitrogens with zero attached hydrogens (tertiary/aromatic N) is 2. The molecular weight excluding hydrogens is 360 g/mol. The molecule has 1 amide bonds. The number of allylic oxidation sites excluding steroid dienone is 1. The molecule has 0 radical (unpaired) electrons. The first kappa shape index (κ1) is 18.3. The van der Waals surface area contributed by atoms with Gasteiger partial charge in [-0.2, -0.15) is 0 Å². The number of ketones is 1. The van der Waals surface area contributed by atoms with Crippen molar-refractivity contribution >= 4 is 23.0 Å². The Kier molecular flexibility index (Phi) is 3.72. The fourth-order valence-corrected chi connectivity index (χ4v) is 5.77. The summed E-state index contributed by atoms with van der Waals surface area (Å²) in [5.41, 5.74) is 3.73. The van der Waals surface area contributed by atoms with Crippen LogP contribution >= 0.6 is 0 Å². The van der Waals surface area contributed by atoms with E-state index in [1.54, 1.807) is 0 Å². The van der Waals surface area contributed by atoms with E-state index in [1.165, 1.54) is 5.57 Å². The summed E-state index contributed by atoms with van der Waals surface area (Å²) in [5.74, 6) is -0.272. The lowest BCUT2D eigenvalue weighted by Crippen LogP contribution is -2.54. The van der Waals surface area contributed by atoms with Crippen LogP contribution in [0.5, 0.6) is 0 Å². The number of fused-ring (bicyclic) bond motifs is 1. The van der Waals surface area contributed by atoms with Crippen molar-refractivity contribution in [3.8, 4) is 0 Å². The molecule has 3 aliphatic heterocycles. The van der Waals surface area contributed by atoms with Gasteiger partial charge < -0.3 is 9.80 Å². The molecule has 2 unspecified atom stereocenters. The van der Waals surface area contributed by atoms with Gasteiger partial charge in [-0.1, -0.05) is 54.6 Å². The third-order valence-corrected chi connectivity index (χ3v) is 6.88. The zero-order valence-corrected chi connectivity index (χ0v) is 17.4. The Bertz CT molecular complexity index is 1070. The smallest absolute Gasteiger partial charge is 0.240 e. The maximum absolute atomic E-state index is 14.1. The number of benzene rings is 2. The van der Waals surface area contributed by atoms with E-state index < -0.39 is 16.9 Å². The van der Waals surface area contributed by atoms with E-state index in [9.17, 15) is 9.59 Å². The lowest BCUT2D eigenvalue weighted by molar-refractivity contribution is -0.124. The van der Waals surface area contributed by atoms with Gasteiger partial charge in [0.05, 0.1) is 17.1 Å². The molecule has 5 rings (SSSR count). The molecule has 3 heterocycles. The largest absolute Gasteiger partial charge is 0.304 e. The van der Waals surface area contributed by atoms with Crippen molar-refractivity contribution in [3.05, 3.63) is 71.3 Å². The SMILES string of the molecule is CC1=CC(C)(C)N2C(=O)C3(CN(C)CC3C(=O)c3ccccc3)c3cccc1c32. The van der Waals surface area contributed by atoms with Crippen molar-refractivity contribution in [1.82, 2.24) is 4.90 Å². The Hall–Kier alpha value is -2.72. The zero-order valence-electron chi connectivity index (χ0n) is 17.4. The van der Waals surface area contributed by atoms with Crippen molar-refractivity contribution in [1.29, 1.82) is 0 Å². The molecule has 4 nitrogen and oxygen atoms in total. The van der Waals surface area contributed by atoms with Crippen molar-refractivity contribution < 1.29 is 9.59 Å². The monoisotopic (exact) mass is 386 g/mol. The highest BCUT2D eigenvalue weighted by molar-refractivity contribution is 6.16. The van der Waals surface area contributed by atoms with Gasteiger partial charge >= 0.3 is 0 Å². The van der Waals surface area contributed by atoms with Gasteiger partial charge in [-0.05, 0) is 39.0 Å². The van der Waals surface area contributed by atoms with Gasteiger partial charge in [0.15, 0.2) is 5.78 Å². The maximum Gasteiger partial charge on any atom is 0.240 e. The molecule has 3 aliphatic rings. The number of carbonyl (C=O) groups is 2. The standard InChI is InChI=1S/C25H26N2O2/c1-16-13-24(2,3)27-21-18(16)11-8-12-19(21)25(23(27)29)15-26(4)14-20(25)22(28)17-9-6-5-7-10-17/h5-13,20H,14-15H2,1-4H3. The normalized spacial score (nSPS) is 27.3. The molecule has 1 saturated heterocycles. The van der Waals surface area contributed by atoms with Crippen LogP contribution in [-0.4, -0.2) is 42.3 Å². The lowest BCUT2D eigenvalue weighted by Gasteiger charge is -2.39. The van der Waals surface area contributed by atoms with Crippen molar-refractivity contribution in [2.24, 2.45) is 5.92 Å². The molecule has 148 valence electrons. The number of anilines is 1.